The number of likely N-dealkylation sites (tertiary alicyclic amines) is 1. The van der Waals surface area contributed by atoms with Gasteiger partial charge in [0.2, 0.25) is 5.91 Å². The van der Waals surface area contributed by atoms with E-state index in [-0.39, 0.29) is 17.2 Å². The van der Waals surface area contributed by atoms with E-state index in [4.69, 9.17) is 0 Å². The van der Waals surface area contributed by atoms with Gasteiger partial charge in [0.1, 0.15) is 18.2 Å². The summed E-state index contributed by atoms with van der Waals surface area (Å²) in [4.78, 5) is 30.8. The summed E-state index contributed by atoms with van der Waals surface area (Å²) >= 11 is 1.40. The number of aromatic nitrogens is 4. The average Bonchev–Trinajstić information content (AvgIpc) is 3.55. The van der Waals surface area contributed by atoms with Crippen molar-refractivity contribution >= 4 is 17.2 Å². The van der Waals surface area contributed by atoms with E-state index in [1.54, 1.807) is 11.6 Å². The zero-order valence-electron chi connectivity index (χ0n) is 19.7. The summed E-state index contributed by atoms with van der Waals surface area (Å²) in [6.07, 6.45) is -1.22. The first-order chi connectivity index (χ1) is 18.1. The van der Waals surface area contributed by atoms with Crippen LogP contribution in [0.2, 0.25) is 0 Å². The summed E-state index contributed by atoms with van der Waals surface area (Å²) in [5, 5.41) is 6.86. The molecule has 0 unspecified atom stereocenters. The van der Waals surface area contributed by atoms with Crippen LogP contribution in [-0.4, -0.2) is 43.2 Å². The predicted molar refractivity (Wildman–Crippen MR) is 129 cm³/mol. The lowest BCUT2D eigenvalue weighted by atomic mass is 9.97. The van der Waals surface area contributed by atoms with Gasteiger partial charge in [-0.2, -0.15) is 18.3 Å². The first-order valence-corrected chi connectivity index (χ1v) is 12.5. The van der Waals surface area contributed by atoms with Gasteiger partial charge in [-0.05, 0) is 37.1 Å². The summed E-state index contributed by atoms with van der Waals surface area (Å²) in [5.41, 5.74) is -1.75. The van der Waals surface area contributed by atoms with Gasteiger partial charge >= 0.3 is 6.18 Å². The number of carbonyl (C=O) groups is 1. The van der Waals surface area contributed by atoms with Gasteiger partial charge in [0.15, 0.2) is 5.82 Å². The molecule has 0 aliphatic carbocycles. The second-order valence-electron chi connectivity index (χ2n) is 8.82. The molecule has 13 heteroatoms. The molecule has 38 heavy (non-hydrogen) atoms. The van der Waals surface area contributed by atoms with Gasteiger partial charge in [0, 0.05) is 42.8 Å². The Labute approximate surface area is 216 Å². The fourth-order valence-electron chi connectivity index (χ4n) is 4.34. The highest BCUT2D eigenvalue weighted by Crippen LogP contribution is 2.32. The molecule has 1 aliphatic rings. The predicted octanol–water partition coefficient (Wildman–Crippen LogP) is 4.86. The molecule has 4 heterocycles. The number of nitrogens with zero attached hydrogens (tertiary/aromatic N) is 5. The first-order valence-electron chi connectivity index (χ1n) is 11.6. The van der Waals surface area contributed by atoms with E-state index in [2.05, 4.69) is 10.1 Å². The zero-order chi connectivity index (χ0) is 27.0. The molecule has 1 amide bonds. The number of rotatable bonds is 5. The maximum atomic E-state index is 14.1. The normalized spacial score (nSPS) is 14.7. The summed E-state index contributed by atoms with van der Waals surface area (Å²) < 4.78 is 69.3. The van der Waals surface area contributed by atoms with Crippen molar-refractivity contribution in [2.75, 3.05) is 13.1 Å². The minimum atomic E-state index is -4.62. The van der Waals surface area contributed by atoms with Crippen LogP contribution in [0.25, 0.3) is 17.1 Å². The van der Waals surface area contributed by atoms with Crippen LogP contribution in [0.3, 0.4) is 0 Å². The van der Waals surface area contributed by atoms with E-state index in [0.29, 0.717) is 44.0 Å². The van der Waals surface area contributed by atoms with Gasteiger partial charge in [-0.15, -0.1) is 11.3 Å². The van der Waals surface area contributed by atoms with Crippen LogP contribution in [-0.2, 0) is 17.5 Å². The number of amides is 1. The molecule has 0 atom stereocenters. The Hall–Kier alpha value is -3.87. The highest BCUT2D eigenvalue weighted by Gasteiger charge is 2.32. The quantitative estimate of drug-likeness (QED) is 0.334. The molecule has 1 fully saturated rings. The highest BCUT2D eigenvalue weighted by atomic mass is 32.1. The number of hydrogen-bond acceptors (Lipinski definition) is 5. The molecule has 1 aliphatic heterocycles. The number of benzene rings is 1. The molecular weight excluding hydrogens is 529 g/mol. The standard InChI is InChI=1S/C25H20F5N5O2S/c26-17-2-1-3-18(27)23(17)19-8-11-35(32-19)20-14-38-24(31-20)15-6-9-33(10-7-15)22(37)13-34-12-16(25(28,29)30)4-5-21(34)36/h1-5,8,11-12,14-15H,6-7,9-10,13H2. The lowest BCUT2D eigenvalue weighted by molar-refractivity contribution is -0.139. The Bertz CT molecular complexity index is 1520. The minimum absolute atomic E-state index is 0.0492. The van der Waals surface area contributed by atoms with Crippen molar-refractivity contribution in [2.24, 2.45) is 0 Å². The third-order valence-electron chi connectivity index (χ3n) is 6.37. The summed E-state index contributed by atoms with van der Waals surface area (Å²) in [5.74, 6) is -1.32. The summed E-state index contributed by atoms with van der Waals surface area (Å²) in [6, 6.07) is 6.60. The smallest absolute Gasteiger partial charge is 0.341 e. The Morgan fingerprint density at radius 3 is 2.45 bits per heavy atom. The largest absolute Gasteiger partial charge is 0.417 e. The number of carbonyl (C=O) groups excluding carboxylic acids is 1. The Kier molecular flexibility index (Phi) is 6.86. The second kappa shape index (κ2) is 10.1. The number of hydrogen-bond donors (Lipinski definition) is 0. The molecular formula is C25H20F5N5O2S. The molecule has 4 aromatic rings. The van der Waals surface area contributed by atoms with E-state index in [9.17, 15) is 31.5 Å². The van der Waals surface area contributed by atoms with E-state index < -0.39 is 41.4 Å². The van der Waals surface area contributed by atoms with Crippen molar-refractivity contribution in [3.63, 3.8) is 0 Å². The number of alkyl halides is 3. The molecule has 0 radical (unpaired) electrons. The molecule has 1 saturated heterocycles. The number of pyridine rings is 1. The monoisotopic (exact) mass is 549 g/mol. The zero-order valence-corrected chi connectivity index (χ0v) is 20.5. The number of piperidine rings is 1. The maximum absolute atomic E-state index is 14.1. The molecule has 1 aromatic carbocycles. The van der Waals surface area contributed by atoms with Gasteiger partial charge in [0.25, 0.3) is 5.56 Å². The van der Waals surface area contributed by atoms with Gasteiger partial charge in [0.05, 0.1) is 21.8 Å². The van der Waals surface area contributed by atoms with Gasteiger partial charge in [-0.25, -0.2) is 18.4 Å². The Balaban J connectivity index is 1.22. The molecule has 5 rings (SSSR count). The van der Waals surface area contributed by atoms with Gasteiger partial charge < -0.3 is 9.47 Å². The van der Waals surface area contributed by atoms with Crippen molar-refractivity contribution in [1.29, 1.82) is 0 Å². The first kappa shape index (κ1) is 25.8. The summed E-state index contributed by atoms with van der Waals surface area (Å²) in [6.45, 7) is 0.258. The average molecular weight is 550 g/mol. The molecule has 0 N–H and O–H groups in total. The fraction of sp³-hybridized carbons (Fsp3) is 0.280. The van der Waals surface area contributed by atoms with Crippen molar-refractivity contribution in [3.05, 3.63) is 86.7 Å². The van der Waals surface area contributed by atoms with Crippen molar-refractivity contribution in [1.82, 2.24) is 24.2 Å². The summed E-state index contributed by atoms with van der Waals surface area (Å²) in [7, 11) is 0. The van der Waals surface area contributed by atoms with Crippen molar-refractivity contribution < 1.29 is 26.7 Å². The number of halogens is 5. The van der Waals surface area contributed by atoms with Crippen LogP contribution in [0.15, 0.2) is 59.0 Å². The van der Waals surface area contributed by atoms with Crippen LogP contribution >= 0.6 is 11.3 Å². The molecule has 7 nitrogen and oxygen atoms in total. The van der Waals surface area contributed by atoms with Crippen LogP contribution in [0.5, 0.6) is 0 Å². The molecule has 0 bridgehead atoms. The topological polar surface area (TPSA) is 73.0 Å². The minimum Gasteiger partial charge on any atom is -0.341 e. The Morgan fingerprint density at radius 2 is 1.76 bits per heavy atom. The van der Waals surface area contributed by atoms with E-state index in [1.165, 1.54) is 33.1 Å². The van der Waals surface area contributed by atoms with E-state index >= 15 is 0 Å². The van der Waals surface area contributed by atoms with Crippen LogP contribution in [0.1, 0.15) is 29.3 Å². The number of thiazole rings is 1. The van der Waals surface area contributed by atoms with Crippen molar-refractivity contribution in [3.8, 4) is 17.1 Å². The molecule has 198 valence electrons. The van der Waals surface area contributed by atoms with Gasteiger partial charge in [-0.1, -0.05) is 6.07 Å². The fourth-order valence-corrected chi connectivity index (χ4v) is 5.30. The van der Waals surface area contributed by atoms with Crippen molar-refractivity contribution in [2.45, 2.75) is 31.5 Å². The van der Waals surface area contributed by atoms with Gasteiger partial charge in [-0.3, -0.25) is 9.59 Å². The molecule has 3 aromatic heterocycles. The SMILES string of the molecule is O=C(Cn1cc(C(F)(F)F)ccc1=O)N1CCC(c2nc(-n3ccc(-c4c(F)cccc4F)n3)cs2)CC1. The lowest BCUT2D eigenvalue weighted by Gasteiger charge is -2.31. The second-order valence-corrected chi connectivity index (χ2v) is 9.71. The van der Waals surface area contributed by atoms with E-state index in [1.807, 2.05) is 0 Å². The molecule has 0 saturated carbocycles. The highest BCUT2D eigenvalue weighted by molar-refractivity contribution is 7.10. The molecule has 0 spiro atoms. The van der Waals surface area contributed by atoms with Crippen LogP contribution in [0.4, 0.5) is 22.0 Å². The third kappa shape index (κ3) is 5.23. The lowest BCUT2D eigenvalue weighted by Crippen LogP contribution is -2.41. The van der Waals surface area contributed by atoms with Crippen LogP contribution in [0, 0.1) is 11.6 Å². The Morgan fingerprint density at radius 1 is 1.05 bits per heavy atom. The van der Waals surface area contributed by atoms with Crippen LogP contribution < -0.4 is 5.56 Å². The van der Waals surface area contributed by atoms with E-state index in [0.717, 1.165) is 27.8 Å². The maximum Gasteiger partial charge on any atom is 0.417 e. The third-order valence-corrected chi connectivity index (χ3v) is 7.36.